The van der Waals surface area contributed by atoms with Gasteiger partial charge in [-0.15, -0.1) is 0 Å². The number of nitrogens with zero attached hydrogens (tertiary/aromatic N) is 6. The van der Waals surface area contributed by atoms with Crippen LogP contribution in [0.3, 0.4) is 0 Å². The highest BCUT2D eigenvalue weighted by Crippen LogP contribution is 2.43. The van der Waals surface area contributed by atoms with Crippen LogP contribution in [-0.2, 0) is 0 Å². The van der Waals surface area contributed by atoms with Gasteiger partial charge < -0.3 is 10.6 Å². The largest absolute Gasteiger partial charge is 0.382 e. The third-order valence-electron chi connectivity index (χ3n) is 6.73. The molecule has 7 heteroatoms. The van der Waals surface area contributed by atoms with E-state index in [1.165, 1.54) is 0 Å². The summed E-state index contributed by atoms with van der Waals surface area (Å²) in [6, 6.07) is 16.2. The van der Waals surface area contributed by atoms with Crippen molar-refractivity contribution in [3.05, 3.63) is 72.9 Å². The van der Waals surface area contributed by atoms with Crippen molar-refractivity contribution in [2.75, 3.05) is 26.4 Å². The number of pyridine rings is 2. The Bertz CT molecular complexity index is 1480. The molecular formula is C27H27N7. The van der Waals surface area contributed by atoms with Gasteiger partial charge in [-0.1, -0.05) is 24.3 Å². The fourth-order valence-electron chi connectivity index (χ4n) is 5.11. The highest BCUT2D eigenvalue weighted by Gasteiger charge is 2.34. The average molecular weight is 450 g/mol. The van der Waals surface area contributed by atoms with Gasteiger partial charge in [-0.05, 0) is 57.1 Å². The summed E-state index contributed by atoms with van der Waals surface area (Å²) in [6.45, 7) is 1.12. The van der Waals surface area contributed by atoms with Gasteiger partial charge in [0.25, 0.3) is 0 Å². The normalized spacial score (nSPS) is 18.0. The molecule has 1 aliphatic rings. The lowest BCUT2D eigenvalue weighted by Crippen LogP contribution is -2.32. The van der Waals surface area contributed by atoms with E-state index in [0.717, 1.165) is 64.3 Å². The highest BCUT2D eigenvalue weighted by atomic mass is 15.1. The Hall–Kier alpha value is -3.84. The summed E-state index contributed by atoms with van der Waals surface area (Å²) >= 11 is 0. The van der Waals surface area contributed by atoms with Crippen LogP contribution in [0.1, 0.15) is 24.6 Å². The third-order valence-corrected chi connectivity index (χ3v) is 6.73. The number of hydrogen-bond donors (Lipinski definition) is 1. The summed E-state index contributed by atoms with van der Waals surface area (Å²) in [5.41, 5.74) is 11.7. The number of aromatic nitrogens is 5. The minimum Gasteiger partial charge on any atom is -0.382 e. The maximum atomic E-state index is 6.37. The molecule has 170 valence electrons. The van der Waals surface area contributed by atoms with Gasteiger partial charge in [-0.25, -0.2) is 15.0 Å². The quantitative estimate of drug-likeness (QED) is 0.421. The highest BCUT2D eigenvalue weighted by molar-refractivity contribution is 5.91. The van der Waals surface area contributed by atoms with Crippen LogP contribution in [0, 0.1) is 5.92 Å². The molecule has 0 atom stereocenters. The van der Waals surface area contributed by atoms with Crippen LogP contribution in [0.2, 0.25) is 0 Å². The summed E-state index contributed by atoms with van der Waals surface area (Å²) in [4.78, 5) is 21.1. The maximum Gasteiger partial charge on any atom is 0.150 e. The predicted molar refractivity (Wildman–Crippen MR) is 135 cm³/mol. The first-order valence-corrected chi connectivity index (χ1v) is 11.7. The van der Waals surface area contributed by atoms with Crippen LogP contribution >= 0.6 is 0 Å². The molecule has 1 fully saturated rings. The molecule has 4 aromatic heterocycles. The van der Waals surface area contributed by atoms with Crippen LogP contribution in [0.4, 0.5) is 5.82 Å². The van der Waals surface area contributed by atoms with Crippen molar-refractivity contribution in [2.45, 2.75) is 18.8 Å². The zero-order valence-corrected chi connectivity index (χ0v) is 19.4. The minimum atomic E-state index is 0.433. The van der Waals surface area contributed by atoms with Crippen LogP contribution in [-0.4, -0.2) is 49.9 Å². The second-order valence-corrected chi connectivity index (χ2v) is 9.47. The first kappa shape index (κ1) is 20.7. The van der Waals surface area contributed by atoms with Crippen LogP contribution in [0.15, 0.2) is 67.1 Å². The molecule has 0 unspecified atom stereocenters. The number of imidazole rings is 1. The molecule has 1 aliphatic carbocycles. The molecule has 1 saturated carbocycles. The number of nitrogen functional groups attached to an aromatic ring is 1. The number of benzene rings is 1. The van der Waals surface area contributed by atoms with Crippen molar-refractivity contribution in [1.29, 1.82) is 0 Å². The Morgan fingerprint density at radius 1 is 0.971 bits per heavy atom. The lowest BCUT2D eigenvalue weighted by Gasteiger charge is -2.36. The minimum absolute atomic E-state index is 0.433. The Morgan fingerprint density at radius 2 is 1.82 bits per heavy atom. The van der Waals surface area contributed by atoms with Gasteiger partial charge in [-0.3, -0.25) is 9.38 Å². The molecule has 5 aromatic rings. The average Bonchev–Trinajstić information content (AvgIpc) is 3.21. The van der Waals surface area contributed by atoms with Gasteiger partial charge in [0, 0.05) is 42.0 Å². The Labute approximate surface area is 198 Å². The van der Waals surface area contributed by atoms with E-state index in [-0.39, 0.29) is 0 Å². The van der Waals surface area contributed by atoms with Crippen molar-refractivity contribution in [2.24, 2.45) is 5.92 Å². The standard InChI is InChI=1S/C27H27N7/c1-33(2)16-17-13-20(14-17)27-32-24(25-26(28)30-11-12-34(25)27)19-7-6-18-8-9-22(31-23(18)15-19)21-5-3-4-10-29-21/h3-12,15,17,20H,13-14,16H2,1-2H3,(H2,28,30). The summed E-state index contributed by atoms with van der Waals surface area (Å²) in [7, 11) is 4.27. The van der Waals surface area contributed by atoms with Crippen molar-refractivity contribution in [3.63, 3.8) is 0 Å². The van der Waals surface area contributed by atoms with E-state index in [2.05, 4.69) is 57.6 Å². The fourth-order valence-corrected chi connectivity index (χ4v) is 5.11. The van der Waals surface area contributed by atoms with Gasteiger partial charge in [0.1, 0.15) is 22.9 Å². The Kier molecular flexibility index (Phi) is 4.99. The summed E-state index contributed by atoms with van der Waals surface area (Å²) < 4.78 is 2.14. The number of anilines is 1. The Balaban J connectivity index is 1.43. The van der Waals surface area contributed by atoms with E-state index < -0.39 is 0 Å². The first-order valence-electron chi connectivity index (χ1n) is 11.7. The molecule has 34 heavy (non-hydrogen) atoms. The Morgan fingerprint density at radius 3 is 2.62 bits per heavy atom. The van der Waals surface area contributed by atoms with Gasteiger partial charge in [0.2, 0.25) is 0 Å². The summed E-state index contributed by atoms with van der Waals surface area (Å²) in [5, 5.41) is 1.07. The SMILES string of the molecule is CN(C)CC1CC(c2nc(-c3ccc4ccc(-c5ccccn5)nc4c3)c3c(N)nccn23)C1. The molecule has 0 aliphatic heterocycles. The van der Waals surface area contributed by atoms with Crippen LogP contribution in [0.5, 0.6) is 0 Å². The molecule has 2 N–H and O–H groups in total. The second-order valence-electron chi connectivity index (χ2n) is 9.47. The molecule has 0 saturated heterocycles. The van der Waals surface area contributed by atoms with Crippen molar-refractivity contribution in [1.82, 2.24) is 29.2 Å². The molecule has 7 nitrogen and oxygen atoms in total. The first-order chi connectivity index (χ1) is 16.6. The topological polar surface area (TPSA) is 85.2 Å². The lowest BCUT2D eigenvalue weighted by atomic mass is 9.74. The maximum absolute atomic E-state index is 6.37. The molecular weight excluding hydrogens is 422 g/mol. The molecule has 0 spiro atoms. The molecule has 6 rings (SSSR count). The van der Waals surface area contributed by atoms with E-state index in [0.29, 0.717) is 17.7 Å². The molecule has 1 aromatic carbocycles. The molecule has 0 amide bonds. The zero-order chi connectivity index (χ0) is 23.2. The number of nitrogens with two attached hydrogens (primary N) is 1. The predicted octanol–water partition coefficient (Wildman–Crippen LogP) is 4.64. The number of hydrogen-bond acceptors (Lipinski definition) is 6. The second kappa shape index (κ2) is 8.18. The molecule has 0 radical (unpaired) electrons. The lowest BCUT2D eigenvalue weighted by molar-refractivity contribution is 0.194. The zero-order valence-electron chi connectivity index (χ0n) is 19.4. The van der Waals surface area contributed by atoms with E-state index in [4.69, 9.17) is 15.7 Å². The van der Waals surface area contributed by atoms with Crippen molar-refractivity contribution < 1.29 is 0 Å². The van der Waals surface area contributed by atoms with Gasteiger partial charge in [0.15, 0.2) is 0 Å². The summed E-state index contributed by atoms with van der Waals surface area (Å²) in [6.07, 6.45) is 7.82. The van der Waals surface area contributed by atoms with Crippen LogP contribution in [0.25, 0.3) is 39.1 Å². The van der Waals surface area contributed by atoms with Gasteiger partial charge in [-0.2, -0.15) is 0 Å². The third kappa shape index (κ3) is 3.58. The van der Waals surface area contributed by atoms with E-state index >= 15 is 0 Å². The van der Waals surface area contributed by atoms with Crippen molar-refractivity contribution >= 4 is 22.2 Å². The van der Waals surface area contributed by atoms with Gasteiger partial charge >= 0.3 is 0 Å². The van der Waals surface area contributed by atoms with E-state index in [9.17, 15) is 0 Å². The van der Waals surface area contributed by atoms with E-state index in [1.807, 2.05) is 30.5 Å². The van der Waals surface area contributed by atoms with E-state index in [1.54, 1.807) is 12.4 Å². The smallest absolute Gasteiger partial charge is 0.150 e. The molecule has 4 heterocycles. The van der Waals surface area contributed by atoms with Crippen LogP contribution < -0.4 is 5.73 Å². The molecule has 0 bridgehead atoms. The fraction of sp³-hybridized carbons (Fsp3) is 0.259. The number of rotatable bonds is 5. The summed E-state index contributed by atoms with van der Waals surface area (Å²) in [5.74, 6) is 2.72. The number of fused-ring (bicyclic) bond motifs is 2. The van der Waals surface area contributed by atoms with Crippen molar-refractivity contribution in [3.8, 4) is 22.6 Å². The van der Waals surface area contributed by atoms with Gasteiger partial charge in [0.05, 0.1) is 16.9 Å². The monoisotopic (exact) mass is 449 g/mol.